The predicted molar refractivity (Wildman–Crippen MR) is 69.5 cm³/mol. The van der Waals surface area contributed by atoms with Crippen LogP contribution in [-0.4, -0.2) is 12.6 Å². The zero-order valence-corrected chi connectivity index (χ0v) is 10.4. The van der Waals surface area contributed by atoms with E-state index in [0.717, 1.165) is 17.9 Å². The average Bonchev–Trinajstić information content (AvgIpc) is 3.09. The van der Waals surface area contributed by atoms with Gasteiger partial charge in [0, 0.05) is 6.04 Å². The van der Waals surface area contributed by atoms with Gasteiger partial charge in [-0.2, -0.15) is 0 Å². The molecule has 1 saturated carbocycles. The van der Waals surface area contributed by atoms with E-state index in [1.807, 2.05) is 0 Å². The van der Waals surface area contributed by atoms with Gasteiger partial charge < -0.3 is 5.32 Å². The normalized spacial score (nSPS) is 17.7. The van der Waals surface area contributed by atoms with Crippen molar-refractivity contribution in [2.24, 2.45) is 11.8 Å². The number of rotatable bonds is 6. The zero-order chi connectivity index (χ0) is 11.4. The Labute approximate surface area is 99.3 Å². The molecular weight excluding hydrogens is 194 g/mol. The Balaban J connectivity index is 1.86. The summed E-state index contributed by atoms with van der Waals surface area (Å²) in [6.07, 6.45) is 3.98. The third-order valence-electron chi connectivity index (χ3n) is 3.53. The summed E-state index contributed by atoms with van der Waals surface area (Å²) in [5, 5.41) is 3.66. The Bertz CT molecular complexity index is 300. The van der Waals surface area contributed by atoms with E-state index in [4.69, 9.17) is 0 Å². The molecule has 0 radical (unpaired) electrons. The Morgan fingerprint density at radius 1 is 1.19 bits per heavy atom. The fraction of sp³-hybridized carbons (Fsp3) is 0.600. The second kappa shape index (κ2) is 5.49. The van der Waals surface area contributed by atoms with Crippen LogP contribution in [0.4, 0.5) is 0 Å². The molecule has 1 aliphatic rings. The Hall–Kier alpha value is -0.820. The van der Waals surface area contributed by atoms with Gasteiger partial charge in [-0.05, 0) is 43.2 Å². The first-order valence-corrected chi connectivity index (χ1v) is 6.53. The molecule has 88 valence electrons. The van der Waals surface area contributed by atoms with Crippen LogP contribution in [0.1, 0.15) is 32.3 Å². The van der Waals surface area contributed by atoms with Crippen LogP contribution in [-0.2, 0) is 6.42 Å². The number of hydrogen-bond acceptors (Lipinski definition) is 1. The summed E-state index contributed by atoms with van der Waals surface area (Å²) >= 11 is 0. The summed E-state index contributed by atoms with van der Waals surface area (Å²) in [7, 11) is 0. The van der Waals surface area contributed by atoms with Crippen molar-refractivity contribution in [2.75, 3.05) is 6.54 Å². The molecule has 1 nitrogen and oxygen atoms in total. The SMILES string of the molecule is CC(C)C(CNC1CC1)Cc1ccccc1. The standard InChI is InChI=1S/C15H23N/c1-12(2)14(11-16-15-8-9-15)10-13-6-4-3-5-7-13/h3-7,12,14-16H,8-11H2,1-2H3. The first-order valence-electron chi connectivity index (χ1n) is 6.53. The minimum Gasteiger partial charge on any atom is -0.314 e. The molecule has 1 aromatic carbocycles. The van der Waals surface area contributed by atoms with Gasteiger partial charge in [-0.3, -0.25) is 0 Å². The predicted octanol–water partition coefficient (Wildman–Crippen LogP) is 3.25. The molecular formula is C15H23N. The highest BCUT2D eigenvalue weighted by atomic mass is 14.9. The fourth-order valence-corrected chi connectivity index (χ4v) is 2.07. The van der Waals surface area contributed by atoms with Gasteiger partial charge in [-0.1, -0.05) is 44.2 Å². The molecule has 0 spiro atoms. The van der Waals surface area contributed by atoms with Crippen molar-refractivity contribution in [3.63, 3.8) is 0 Å². The van der Waals surface area contributed by atoms with E-state index in [-0.39, 0.29) is 0 Å². The lowest BCUT2D eigenvalue weighted by Gasteiger charge is -2.21. The van der Waals surface area contributed by atoms with Crippen LogP contribution in [0.3, 0.4) is 0 Å². The van der Waals surface area contributed by atoms with Crippen molar-refractivity contribution >= 4 is 0 Å². The monoisotopic (exact) mass is 217 g/mol. The van der Waals surface area contributed by atoms with Gasteiger partial charge in [0.15, 0.2) is 0 Å². The van der Waals surface area contributed by atoms with E-state index in [1.54, 1.807) is 0 Å². The lowest BCUT2D eigenvalue weighted by Crippen LogP contribution is -2.29. The van der Waals surface area contributed by atoms with Gasteiger partial charge in [0.1, 0.15) is 0 Å². The maximum absolute atomic E-state index is 3.66. The average molecular weight is 217 g/mol. The van der Waals surface area contributed by atoms with Crippen LogP contribution in [0.15, 0.2) is 30.3 Å². The molecule has 1 fully saturated rings. The summed E-state index contributed by atoms with van der Waals surface area (Å²) in [6, 6.07) is 11.7. The Morgan fingerprint density at radius 2 is 1.88 bits per heavy atom. The Morgan fingerprint density at radius 3 is 2.44 bits per heavy atom. The number of benzene rings is 1. The zero-order valence-electron chi connectivity index (χ0n) is 10.4. The van der Waals surface area contributed by atoms with Gasteiger partial charge in [0.05, 0.1) is 0 Å². The van der Waals surface area contributed by atoms with E-state index in [1.165, 1.54) is 31.4 Å². The van der Waals surface area contributed by atoms with Crippen LogP contribution in [0, 0.1) is 11.8 Å². The van der Waals surface area contributed by atoms with Gasteiger partial charge in [-0.25, -0.2) is 0 Å². The molecule has 0 heterocycles. The topological polar surface area (TPSA) is 12.0 Å². The van der Waals surface area contributed by atoms with Gasteiger partial charge in [0.2, 0.25) is 0 Å². The maximum Gasteiger partial charge on any atom is 0.00683 e. The quantitative estimate of drug-likeness (QED) is 0.771. The largest absolute Gasteiger partial charge is 0.314 e. The van der Waals surface area contributed by atoms with E-state index in [9.17, 15) is 0 Å². The molecule has 0 aliphatic heterocycles. The summed E-state index contributed by atoms with van der Waals surface area (Å²) in [5.41, 5.74) is 1.47. The highest BCUT2D eigenvalue weighted by Gasteiger charge is 2.22. The fourth-order valence-electron chi connectivity index (χ4n) is 2.07. The second-order valence-corrected chi connectivity index (χ2v) is 5.38. The first kappa shape index (κ1) is 11.7. The second-order valence-electron chi connectivity index (χ2n) is 5.38. The molecule has 1 aliphatic carbocycles. The Kier molecular flexibility index (Phi) is 4.00. The molecule has 0 saturated heterocycles. The van der Waals surface area contributed by atoms with Crippen molar-refractivity contribution in [3.05, 3.63) is 35.9 Å². The van der Waals surface area contributed by atoms with E-state index < -0.39 is 0 Å². The molecule has 0 amide bonds. The van der Waals surface area contributed by atoms with Crippen LogP contribution in [0.2, 0.25) is 0 Å². The molecule has 1 aromatic rings. The number of hydrogen-bond donors (Lipinski definition) is 1. The third kappa shape index (κ3) is 3.64. The number of nitrogens with one attached hydrogen (secondary N) is 1. The van der Waals surface area contributed by atoms with Crippen molar-refractivity contribution < 1.29 is 0 Å². The van der Waals surface area contributed by atoms with E-state index in [0.29, 0.717) is 0 Å². The molecule has 0 aromatic heterocycles. The summed E-state index contributed by atoms with van der Waals surface area (Å²) in [4.78, 5) is 0. The molecule has 16 heavy (non-hydrogen) atoms. The summed E-state index contributed by atoms with van der Waals surface area (Å²) in [6.45, 7) is 5.85. The molecule has 1 atom stereocenters. The van der Waals surface area contributed by atoms with Crippen LogP contribution in [0.25, 0.3) is 0 Å². The van der Waals surface area contributed by atoms with Crippen molar-refractivity contribution in [1.82, 2.24) is 5.32 Å². The van der Waals surface area contributed by atoms with Gasteiger partial charge in [0.25, 0.3) is 0 Å². The smallest absolute Gasteiger partial charge is 0.00683 e. The lowest BCUT2D eigenvalue weighted by atomic mass is 9.89. The van der Waals surface area contributed by atoms with Crippen LogP contribution < -0.4 is 5.32 Å². The van der Waals surface area contributed by atoms with Gasteiger partial charge in [-0.15, -0.1) is 0 Å². The molecule has 0 bridgehead atoms. The van der Waals surface area contributed by atoms with Crippen LogP contribution >= 0.6 is 0 Å². The van der Waals surface area contributed by atoms with Crippen LogP contribution in [0.5, 0.6) is 0 Å². The first-order chi connectivity index (χ1) is 7.75. The molecule has 1 unspecified atom stereocenters. The summed E-state index contributed by atoms with van der Waals surface area (Å²) in [5.74, 6) is 1.52. The van der Waals surface area contributed by atoms with Crippen molar-refractivity contribution in [2.45, 2.75) is 39.2 Å². The minimum atomic E-state index is 0.756. The lowest BCUT2D eigenvalue weighted by molar-refractivity contribution is 0.359. The third-order valence-corrected chi connectivity index (χ3v) is 3.53. The van der Waals surface area contributed by atoms with E-state index >= 15 is 0 Å². The highest BCUT2D eigenvalue weighted by molar-refractivity contribution is 5.15. The maximum atomic E-state index is 3.66. The van der Waals surface area contributed by atoms with Gasteiger partial charge >= 0.3 is 0 Å². The summed E-state index contributed by atoms with van der Waals surface area (Å²) < 4.78 is 0. The molecule has 1 heteroatoms. The minimum absolute atomic E-state index is 0.756. The van der Waals surface area contributed by atoms with Crippen molar-refractivity contribution in [1.29, 1.82) is 0 Å². The van der Waals surface area contributed by atoms with Crippen molar-refractivity contribution in [3.8, 4) is 0 Å². The molecule has 1 N–H and O–H groups in total. The van der Waals surface area contributed by atoms with E-state index in [2.05, 4.69) is 49.5 Å². The highest BCUT2D eigenvalue weighted by Crippen LogP contribution is 2.21. The molecule has 2 rings (SSSR count).